The molecule has 0 spiro atoms. The first-order valence-electron chi connectivity index (χ1n) is 8.37. The Kier molecular flexibility index (Phi) is 6.45. The summed E-state index contributed by atoms with van der Waals surface area (Å²) in [7, 11) is 0.519. The van der Waals surface area contributed by atoms with Crippen molar-refractivity contribution < 1.29 is 8.42 Å². The second kappa shape index (κ2) is 8.36. The van der Waals surface area contributed by atoms with Gasteiger partial charge < -0.3 is 10.2 Å². The molecular formula is C19H27N3O2S. The summed E-state index contributed by atoms with van der Waals surface area (Å²) in [4.78, 5) is 2.46. The van der Waals surface area contributed by atoms with Crippen LogP contribution in [0.25, 0.3) is 0 Å². The molecule has 0 atom stereocenters. The Hall–Kier alpha value is -2.05. The Labute approximate surface area is 151 Å². The number of benzene rings is 2. The van der Waals surface area contributed by atoms with Gasteiger partial charge in [0.05, 0.1) is 4.90 Å². The van der Waals surface area contributed by atoms with Gasteiger partial charge in [-0.3, -0.25) is 4.72 Å². The summed E-state index contributed by atoms with van der Waals surface area (Å²) in [5.41, 5.74) is 3.19. The summed E-state index contributed by atoms with van der Waals surface area (Å²) >= 11 is 0. The molecule has 0 heterocycles. The molecule has 0 fully saturated rings. The highest BCUT2D eigenvalue weighted by Crippen LogP contribution is 2.21. The summed E-state index contributed by atoms with van der Waals surface area (Å²) < 4.78 is 27.9. The zero-order chi connectivity index (χ0) is 18.4. The van der Waals surface area contributed by atoms with E-state index in [0.717, 1.165) is 36.3 Å². The lowest BCUT2D eigenvalue weighted by Crippen LogP contribution is -2.16. The van der Waals surface area contributed by atoms with Gasteiger partial charge in [-0.25, -0.2) is 8.42 Å². The SMILES string of the molecule is Cc1ccc(C)c(S(=O)(=O)Nc2ccc(NCCCN(C)C)cc2)c1. The molecule has 0 amide bonds. The zero-order valence-electron chi connectivity index (χ0n) is 15.3. The number of anilines is 2. The van der Waals surface area contributed by atoms with Crippen LogP contribution in [-0.2, 0) is 10.0 Å². The quantitative estimate of drug-likeness (QED) is 0.707. The predicted molar refractivity (Wildman–Crippen MR) is 105 cm³/mol. The van der Waals surface area contributed by atoms with Crippen molar-refractivity contribution in [1.82, 2.24) is 4.90 Å². The average molecular weight is 362 g/mol. The van der Waals surface area contributed by atoms with Crippen LogP contribution < -0.4 is 10.0 Å². The first-order chi connectivity index (χ1) is 11.8. The molecule has 2 aromatic rings. The largest absolute Gasteiger partial charge is 0.385 e. The van der Waals surface area contributed by atoms with Gasteiger partial charge in [0, 0.05) is 17.9 Å². The van der Waals surface area contributed by atoms with Crippen molar-refractivity contribution in [3.8, 4) is 0 Å². The number of aryl methyl sites for hydroxylation is 2. The molecule has 0 aromatic heterocycles. The van der Waals surface area contributed by atoms with Crippen molar-refractivity contribution in [2.45, 2.75) is 25.2 Å². The fraction of sp³-hybridized carbons (Fsp3) is 0.368. The van der Waals surface area contributed by atoms with Gasteiger partial charge in [0.15, 0.2) is 0 Å². The monoisotopic (exact) mass is 361 g/mol. The molecule has 0 saturated carbocycles. The van der Waals surface area contributed by atoms with E-state index in [4.69, 9.17) is 0 Å². The van der Waals surface area contributed by atoms with Crippen molar-refractivity contribution in [3.05, 3.63) is 53.6 Å². The van der Waals surface area contributed by atoms with Gasteiger partial charge in [0.25, 0.3) is 10.0 Å². The van der Waals surface area contributed by atoms with Gasteiger partial charge in [-0.2, -0.15) is 0 Å². The zero-order valence-corrected chi connectivity index (χ0v) is 16.2. The fourth-order valence-corrected chi connectivity index (χ4v) is 3.88. The summed E-state index contributed by atoms with van der Waals surface area (Å²) in [5.74, 6) is 0. The fourth-order valence-electron chi connectivity index (χ4n) is 2.49. The Bertz CT molecular complexity index is 800. The number of rotatable bonds is 8. The van der Waals surface area contributed by atoms with Crippen LogP contribution >= 0.6 is 0 Å². The lowest BCUT2D eigenvalue weighted by molar-refractivity contribution is 0.405. The topological polar surface area (TPSA) is 61.4 Å². The van der Waals surface area contributed by atoms with E-state index in [1.807, 2.05) is 31.2 Å². The Morgan fingerprint density at radius 2 is 1.60 bits per heavy atom. The maximum absolute atomic E-state index is 12.6. The number of nitrogens with one attached hydrogen (secondary N) is 2. The first kappa shape index (κ1) is 19.3. The number of sulfonamides is 1. The third-order valence-corrected chi connectivity index (χ3v) is 5.40. The molecular weight excluding hydrogens is 334 g/mol. The predicted octanol–water partition coefficient (Wildman–Crippen LogP) is 3.47. The highest BCUT2D eigenvalue weighted by Gasteiger charge is 2.17. The molecule has 0 aliphatic carbocycles. The van der Waals surface area contributed by atoms with Crippen LogP contribution in [0.2, 0.25) is 0 Å². The van der Waals surface area contributed by atoms with Crippen molar-refractivity contribution in [2.75, 3.05) is 37.2 Å². The summed E-state index contributed by atoms with van der Waals surface area (Å²) in [6.45, 7) is 5.59. The molecule has 0 aliphatic rings. The van der Waals surface area contributed by atoms with Crippen LogP contribution in [0, 0.1) is 13.8 Å². The van der Waals surface area contributed by atoms with Crippen molar-refractivity contribution in [3.63, 3.8) is 0 Å². The summed E-state index contributed by atoms with van der Waals surface area (Å²) in [6, 6.07) is 12.7. The maximum Gasteiger partial charge on any atom is 0.262 e. The highest BCUT2D eigenvalue weighted by molar-refractivity contribution is 7.92. The summed E-state index contributed by atoms with van der Waals surface area (Å²) in [6.07, 6.45) is 1.05. The van der Waals surface area contributed by atoms with E-state index < -0.39 is 10.0 Å². The smallest absolute Gasteiger partial charge is 0.262 e. The van der Waals surface area contributed by atoms with E-state index in [0.29, 0.717) is 10.6 Å². The van der Waals surface area contributed by atoms with Gasteiger partial charge in [-0.15, -0.1) is 0 Å². The molecule has 0 unspecified atom stereocenters. The normalized spacial score (nSPS) is 11.6. The van der Waals surface area contributed by atoms with Gasteiger partial charge >= 0.3 is 0 Å². The van der Waals surface area contributed by atoms with E-state index in [9.17, 15) is 8.42 Å². The van der Waals surface area contributed by atoms with Gasteiger partial charge in [-0.05, 0) is 82.4 Å². The lowest BCUT2D eigenvalue weighted by Gasteiger charge is -2.13. The highest BCUT2D eigenvalue weighted by atomic mass is 32.2. The Balaban J connectivity index is 2.01. The molecule has 0 aliphatic heterocycles. The molecule has 0 saturated heterocycles. The minimum atomic E-state index is -3.59. The minimum Gasteiger partial charge on any atom is -0.385 e. The van der Waals surface area contributed by atoms with Crippen molar-refractivity contribution >= 4 is 21.4 Å². The van der Waals surface area contributed by atoms with Crippen LogP contribution in [0.1, 0.15) is 17.5 Å². The molecule has 0 bridgehead atoms. The van der Waals surface area contributed by atoms with Gasteiger partial charge in [0.2, 0.25) is 0 Å². The lowest BCUT2D eigenvalue weighted by atomic mass is 10.2. The minimum absolute atomic E-state index is 0.318. The van der Waals surface area contributed by atoms with Crippen LogP contribution in [0.15, 0.2) is 47.4 Å². The molecule has 6 heteroatoms. The Morgan fingerprint density at radius 3 is 2.24 bits per heavy atom. The summed E-state index contributed by atoms with van der Waals surface area (Å²) in [5, 5.41) is 3.33. The second-order valence-electron chi connectivity index (χ2n) is 6.54. The van der Waals surface area contributed by atoms with E-state index in [2.05, 4.69) is 29.0 Å². The number of hydrogen-bond acceptors (Lipinski definition) is 4. The Morgan fingerprint density at radius 1 is 0.960 bits per heavy atom. The standard InChI is InChI=1S/C19H27N3O2S/c1-15-6-7-16(2)19(14-15)25(23,24)21-18-10-8-17(9-11-18)20-12-5-13-22(3)4/h6-11,14,20-21H,5,12-13H2,1-4H3. The van der Waals surface area contributed by atoms with Crippen LogP contribution in [0.5, 0.6) is 0 Å². The van der Waals surface area contributed by atoms with Crippen LogP contribution in [0.3, 0.4) is 0 Å². The second-order valence-corrected chi connectivity index (χ2v) is 8.19. The van der Waals surface area contributed by atoms with E-state index in [-0.39, 0.29) is 0 Å². The molecule has 5 nitrogen and oxygen atoms in total. The van der Waals surface area contributed by atoms with Crippen molar-refractivity contribution in [2.24, 2.45) is 0 Å². The van der Waals surface area contributed by atoms with E-state index in [1.54, 1.807) is 25.1 Å². The van der Waals surface area contributed by atoms with Gasteiger partial charge in [0.1, 0.15) is 0 Å². The van der Waals surface area contributed by atoms with E-state index >= 15 is 0 Å². The maximum atomic E-state index is 12.6. The molecule has 2 N–H and O–H groups in total. The number of nitrogens with zero attached hydrogens (tertiary/aromatic N) is 1. The van der Waals surface area contributed by atoms with E-state index in [1.165, 1.54) is 0 Å². The number of hydrogen-bond donors (Lipinski definition) is 2. The third kappa shape index (κ3) is 5.76. The molecule has 2 aromatic carbocycles. The average Bonchev–Trinajstić information content (AvgIpc) is 2.55. The van der Waals surface area contributed by atoms with Crippen molar-refractivity contribution in [1.29, 1.82) is 0 Å². The molecule has 25 heavy (non-hydrogen) atoms. The van der Waals surface area contributed by atoms with Gasteiger partial charge in [-0.1, -0.05) is 12.1 Å². The molecule has 0 radical (unpaired) electrons. The molecule has 2 rings (SSSR count). The first-order valence-corrected chi connectivity index (χ1v) is 9.85. The van der Waals surface area contributed by atoms with Crippen LogP contribution in [0.4, 0.5) is 11.4 Å². The van der Waals surface area contributed by atoms with Crippen LogP contribution in [-0.4, -0.2) is 40.5 Å². The molecule has 136 valence electrons. The third-order valence-electron chi connectivity index (χ3n) is 3.88.